The number of benzene rings is 2. The van der Waals surface area contributed by atoms with Crippen molar-refractivity contribution in [3.63, 3.8) is 0 Å². The fourth-order valence-electron chi connectivity index (χ4n) is 4.22. The average Bonchev–Trinajstić information content (AvgIpc) is 2.87. The number of alkyl carbamates (subject to hydrolysis) is 1. The first-order chi connectivity index (χ1) is 18.7. The van der Waals surface area contributed by atoms with Crippen LogP contribution < -0.4 is 10.6 Å². The largest absolute Gasteiger partial charge is 0.507 e. The highest BCUT2D eigenvalue weighted by molar-refractivity contribution is 7.98. The summed E-state index contributed by atoms with van der Waals surface area (Å²) in [7, 11) is 0. The third kappa shape index (κ3) is 8.80. The number of amides is 3. The molecule has 3 atom stereocenters. The van der Waals surface area contributed by atoms with E-state index >= 15 is 0 Å². The molecule has 0 radical (unpaired) electrons. The van der Waals surface area contributed by atoms with Crippen molar-refractivity contribution >= 4 is 47.0 Å². The highest BCUT2D eigenvalue weighted by atomic mass is 35.5. The number of rotatable bonds is 11. The van der Waals surface area contributed by atoms with Crippen LogP contribution in [-0.2, 0) is 14.3 Å². The molecule has 3 unspecified atom stereocenters. The summed E-state index contributed by atoms with van der Waals surface area (Å²) in [5, 5.41) is 17.1. The van der Waals surface area contributed by atoms with Gasteiger partial charge in [0.15, 0.2) is 0 Å². The number of halogens is 1. The van der Waals surface area contributed by atoms with Crippen molar-refractivity contribution in [1.29, 1.82) is 0 Å². The first kappa shape index (κ1) is 33.3. The van der Waals surface area contributed by atoms with Crippen LogP contribution in [0.25, 0.3) is 0 Å². The Kier molecular flexibility index (Phi) is 12.2. The van der Waals surface area contributed by atoms with E-state index in [2.05, 4.69) is 10.6 Å². The van der Waals surface area contributed by atoms with E-state index < -0.39 is 41.6 Å². The number of ether oxygens (including phenoxy) is 1. The van der Waals surface area contributed by atoms with E-state index in [4.69, 9.17) is 16.3 Å². The molecule has 10 heteroatoms. The van der Waals surface area contributed by atoms with E-state index in [0.717, 1.165) is 5.56 Å². The molecule has 0 saturated heterocycles. The number of hydrogen-bond acceptors (Lipinski definition) is 6. The highest BCUT2D eigenvalue weighted by Gasteiger charge is 2.40. The molecule has 2 rings (SSSR count). The van der Waals surface area contributed by atoms with Gasteiger partial charge in [-0.05, 0) is 83.6 Å². The lowest BCUT2D eigenvalue weighted by Gasteiger charge is -2.38. The van der Waals surface area contributed by atoms with Gasteiger partial charge in [-0.3, -0.25) is 9.59 Å². The van der Waals surface area contributed by atoms with Crippen molar-refractivity contribution in [2.45, 2.75) is 85.0 Å². The number of hydrogen-bond donors (Lipinski definition) is 3. The molecule has 0 fully saturated rings. The molecule has 0 aliphatic rings. The summed E-state index contributed by atoms with van der Waals surface area (Å²) in [6.07, 6.45) is 2.04. The number of carbonyl (C=O) groups is 3. The van der Waals surface area contributed by atoms with Gasteiger partial charge < -0.3 is 25.4 Å². The Labute approximate surface area is 247 Å². The van der Waals surface area contributed by atoms with Crippen LogP contribution in [0.4, 0.5) is 10.5 Å². The molecule has 3 amide bonds. The number of carbonyl (C=O) groups excluding carboxylic acids is 3. The van der Waals surface area contributed by atoms with Crippen molar-refractivity contribution < 1.29 is 24.2 Å². The molecule has 0 saturated carbocycles. The van der Waals surface area contributed by atoms with Gasteiger partial charge in [-0.2, -0.15) is 11.8 Å². The quantitative estimate of drug-likeness (QED) is 0.271. The van der Waals surface area contributed by atoms with Gasteiger partial charge in [-0.25, -0.2) is 4.79 Å². The number of phenolic OH excluding ortho intramolecular Hbond substituents is 1. The zero-order chi connectivity index (χ0) is 30.2. The summed E-state index contributed by atoms with van der Waals surface area (Å²) in [5.41, 5.74) is 1.26. The number of aryl methyl sites for hydroxylation is 2. The molecular formula is C30H42ClN3O5S. The second-order valence-electron chi connectivity index (χ2n) is 10.8. The van der Waals surface area contributed by atoms with Crippen LogP contribution in [-0.4, -0.2) is 57.6 Å². The van der Waals surface area contributed by atoms with Gasteiger partial charge in [0.1, 0.15) is 23.4 Å². The Bertz CT molecular complexity index is 1180. The van der Waals surface area contributed by atoms with Gasteiger partial charge in [-0.1, -0.05) is 48.9 Å². The van der Waals surface area contributed by atoms with E-state index in [1.165, 1.54) is 16.7 Å². The van der Waals surface area contributed by atoms with Gasteiger partial charge in [0.2, 0.25) is 5.91 Å². The molecular weight excluding hydrogens is 550 g/mol. The number of nitrogens with zero attached hydrogens (tertiary/aromatic N) is 1. The van der Waals surface area contributed by atoms with Crippen LogP contribution in [0.5, 0.6) is 5.75 Å². The SMILES string of the molecule is CCC(C)N(C(=O)C(CCSC)NC(=O)OC(C)(C)C)C(C(=O)Nc1c(C)cccc1Cl)c1cccc(C)c1O. The first-order valence-corrected chi connectivity index (χ1v) is 15.1. The van der Waals surface area contributed by atoms with Crippen LogP contribution in [0.3, 0.4) is 0 Å². The fraction of sp³-hybridized carbons (Fsp3) is 0.500. The van der Waals surface area contributed by atoms with E-state index in [1.54, 1.807) is 58.0 Å². The van der Waals surface area contributed by atoms with Crippen LogP contribution >= 0.6 is 23.4 Å². The second-order valence-corrected chi connectivity index (χ2v) is 12.2. The number of anilines is 1. The maximum atomic E-state index is 14.3. The number of phenols is 1. The molecule has 0 spiro atoms. The standard InChI is InChI=1S/C30H42ClN3O5S/c1-9-20(4)34(28(37)23(16-17-40-8)32-29(38)39-30(5,6)7)25(21-14-10-13-19(3)26(21)35)27(36)33-24-18(2)12-11-15-22(24)31/h10-15,20,23,25,35H,9,16-17H2,1-8H3,(H,32,38)(H,33,36). The van der Waals surface area contributed by atoms with E-state index in [9.17, 15) is 19.5 Å². The second kappa shape index (κ2) is 14.6. The van der Waals surface area contributed by atoms with Crippen molar-refractivity contribution in [3.05, 3.63) is 58.1 Å². The molecule has 0 heterocycles. The number of para-hydroxylation sites is 2. The molecule has 220 valence electrons. The monoisotopic (exact) mass is 591 g/mol. The van der Waals surface area contributed by atoms with E-state index in [0.29, 0.717) is 34.9 Å². The van der Waals surface area contributed by atoms with Crippen molar-refractivity contribution in [1.82, 2.24) is 10.2 Å². The minimum Gasteiger partial charge on any atom is -0.507 e. The predicted molar refractivity (Wildman–Crippen MR) is 163 cm³/mol. The van der Waals surface area contributed by atoms with Gasteiger partial charge in [-0.15, -0.1) is 0 Å². The van der Waals surface area contributed by atoms with Gasteiger partial charge in [0, 0.05) is 11.6 Å². The third-order valence-corrected chi connectivity index (χ3v) is 7.44. The molecule has 0 aliphatic carbocycles. The Morgan fingerprint density at radius 2 is 1.73 bits per heavy atom. The smallest absolute Gasteiger partial charge is 0.408 e. The lowest BCUT2D eigenvalue weighted by atomic mass is 9.96. The Balaban J connectivity index is 2.65. The van der Waals surface area contributed by atoms with Crippen LogP contribution in [0.2, 0.25) is 5.02 Å². The molecule has 8 nitrogen and oxygen atoms in total. The van der Waals surface area contributed by atoms with Crippen molar-refractivity contribution in [2.24, 2.45) is 0 Å². The van der Waals surface area contributed by atoms with E-state index in [1.807, 2.05) is 33.1 Å². The van der Waals surface area contributed by atoms with E-state index in [-0.39, 0.29) is 11.3 Å². The Morgan fingerprint density at radius 3 is 2.30 bits per heavy atom. The molecule has 3 N–H and O–H groups in total. The zero-order valence-electron chi connectivity index (χ0n) is 24.6. The molecule has 40 heavy (non-hydrogen) atoms. The predicted octanol–water partition coefficient (Wildman–Crippen LogP) is 6.62. The molecule has 0 aromatic heterocycles. The number of thioether (sulfide) groups is 1. The first-order valence-electron chi connectivity index (χ1n) is 13.4. The molecule has 2 aromatic rings. The van der Waals surface area contributed by atoms with Gasteiger partial charge in [0.25, 0.3) is 5.91 Å². The maximum Gasteiger partial charge on any atom is 0.408 e. The normalized spacial score (nSPS) is 13.6. The van der Waals surface area contributed by atoms with Gasteiger partial charge in [0.05, 0.1) is 10.7 Å². The minimum absolute atomic E-state index is 0.0830. The van der Waals surface area contributed by atoms with Crippen LogP contribution in [0.1, 0.15) is 70.2 Å². The number of nitrogens with one attached hydrogen (secondary N) is 2. The fourth-order valence-corrected chi connectivity index (χ4v) is 4.96. The third-order valence-electron chi connectivity index (χ3n) is 6.48. The highest BCUT2D eigenvalue weighted by Crippen LogP contribution is 2.36. The summed E-state index contributed by atoms with van der Waals surface area (Å²) in [4.78, 5) is 42.6. The van der Waals surface area contributed by atoms with Crippen LogP contribution in [0.15, 0.2) is 36.4 Å². The molecule has 0 bridgehead atoms. The van der Waals surface area contributed by atoms with Crippen molar-refractivity contribution in [3.8, 4) is 5.75 Å². The molecule has 2 aromatic carbocycles. The Hall–Kier alpha value is -2.91. The number of aromatic hydroxyl groups is 1. The molecule has 0 aliphatic heterocycles. The zero-order valence-corrected chi connectivity index (χ0v) is 26.2. The summed E-state index contributed by atoms with van der Waals surface area (Å²) < 4.78 is 5.44. The van der Waals surface area contributed by atoms with Gasteiger partial charge >= 0.3 is 6.09 Å². The minimum atomic E-state index is -1.21. The summed E-state index contributed by atoms with van der Waals surface area (Å²) in [5.74, 6) is -0.482. The summed E-state index contributed by atoms with van der Waals surface area (Å²) >= 11 is 7.96. The average molecular weight is 592 g/mol. The lowest BCUT2D eigenvalue weighted by molar-refractivity contribution is -0.143. The topological polar surface area (TPSA) is 108 Å². The summed E-state index contributed by atoms with van der Waals surface area (Å²) in [6, 6.07) is 7.77. The maximum absolute atomic E-state index is 14.3. The summed E-state index contributed by atoms with van der Waals surface area (Å²) in [6.45, 7) is 12.5. The Morgan fingerprint density at radius 1 is 1.10 bits per heavy atom. The lowest BCUT2D eigenvalue weighted by Crippen LogP contribution is -2.55. The van der Waals surface area contributed by atoms with Crippen LogP contribution in [0, 0.1) is 13.8 Å². The van der Waals surface area contributed by atoms with Crippen molar-refractivity contribution in [2.75, 3.05) is 17.3 Å².